The quantitative estimate of drug-likeness (QED) is 0.0744. The molecule has 0 saturated carbocycles. The SMILES string of the molecule is C.CC(C)(C)C(O)c1ccc(N2CCN(c3ccc(-c4ccc(C(F)(F)[C@](O)(Cn5cnnn5)c5ccc(F)cc5F)nc4)cc3)CC2)cc1.CC(C)(C)C(O)c1ccc(N2CCN(c3ccc(B4OC(C)(C)C(C)(C)O4)cc3)CC2)cc1. The molecule has 0 amide bonds. The van der Waals surface area contributed by atoms with Gasteiger partial charge >= 0.3 is 13.0 Å². The Labute approximate surface area is 486 Å². The molecule has 3 atom stereocenters. The molecule has 5 heterocycles. The van der Waals surface area contributed by atoms with Crippen LogP contribution in [0.3, 0.4) is 0 Å². The van der Waals surface area contributed by atoms with Gasteiger partial charge in [-0.3, -0.25) is 4.98 Å². The molecule has 2 unspecified atom stereocenters. The topological polar surface area (TPSA) is 149 Å². The van der Waals surface area contributed by atoms with Crippen molar-refractivity contribution in [3.63, 3.8) is 0 Å². The zero-order chi connectivity index (χ0) is 59.0. The van der Waals surface area contributed by atoms with Crippen molar-refractivity contribution < 1.29 is 42.2 Å². The summed E-state index contributed by atoms with van der Waals surface area (Å²) in [6.07, 6.45) is 1.27. The Morgan fingerprint density at radius 2 is 0.988 bits per heavy atom. The van der Waals surface area contributed by atoms with Crippen molar-refractivity contribution in [3.05, 3.63) is 174 Å². The first-order chi connectivity index (χ1) is 38.6. The van der Waals surface area contributed by atoms with Gasteiger partial charge in [0.1, 0.15) is 23.7 Å². The molecular formula is C64H80BF4N9O5. The van der Waals surface area contributed by atoms with Crippen LogP contribution in [-0.2, 0) is 27.4 Å². The van der Waals surface area contributed by atoms with E-state index in [0.29, 0.717) is 11.6 Å². The van der Waals surface area contributed by atoms with Crippen LogP contribution in [0.2, 0.25) is 0 Å². The molecule has 0 aliphatic carbocycles. The molecule has 0 spiro atoms. The average Bonchev–Trinajstić information content (AvgIpc) is 2.17. The Morgan fingerprint density at radius 3 is 1.36 bits per heavy atom. The van der Waals surface area contributed by atoms with Crippen LogP contribution < -0.4 is 25.1 Å². The Kier molecular flexibility index (Phi) is 18.2. The number of pyridine rings is 1. The van der Waals surface area contributed by atoms with E-state index in [4.69, 9.17) is 9.31 Å². The number of aromatic nitrogens is 5. The molecule has 7 aromatic rings. The van der Waals surface area contributed by atoms with Gasteiger partial charge in [0.25, 0.3) is 0 Å². The summed E-state index contributed by atoms with van der Waals surface area (Å²) in [5.74, 6) is -6.47. The Bertz CT molecular complexity index is 3200. The molecule has 2 aromatic heterocycles. The number of benzene rings is 5. The smallest absolute Gasteiger partial charge is 0.399 e. The number of rotatable bonds is 13. The maximum atomic E-state index is 16.1. The van der Waals surface area contributed by atoms with Gasteiger partial charge in [-0.05, 0) is 138 Å². The number of halogens is 4. The number of hydrogen-bond acceptors (Lipinski definition) is 13. The largest absolute Gasteiger partial charge is 0.494 e. The molecular weight excluding hydrogens is 1060 g/mol. The maximum absolute atomic E-state index is 16.1. The average molecular weight is 1140 g/mol. The fraction of sp³-hybridized carbons (Fsp3) is 0.438. The fourth-order valence-electron chi connectivity index (χ4n) is 10.5. The summed E-state index contributed by atoms with van der Waals surface area (Å²) in [6.45, 7) is 26.8. The van der Waals surface area contributed by atoms with E-state index in [0.717, 1.165) is 115 Å². The summed E-state index contributed by atoms with van der Waals surface area (Å²) in [5, 5.41) is 42.8. The number of aliphatic hydroxyl groups is 3. The third-order valence-electron chi connectivity index (χ3n) is 16.5. The first-order valence-electron chi connectivity index (χ1n) is 28.0. The van der Waals surface area contributed by atoms with Crippen molar-refractivity contribution in [2.24, 2.45) is 10.8 Å². The number of anilines is 4. The Hall–Kier alpha value is -6.90. The van der Waals surface area contributed by atoms with E-state index in [1.807, 2.05) is 57.2 Å². The van der Waals surface area contributed by atoms with Crippen LogP contribution in [0, 0.1) is 22.5 Å². The van der Waals surface area contributed by atoms with Crippen LogP contribution in [0.15, 0.2) is 140 Å². The minimum atomic E-state index is -4.14. The lowest BCUT2D eigenvalue weighted by atomic mass is 9.79. The second-order valence-electron chi connectivity index (χ2n) is 24.9. The third-order valence-corrected chi connectivity index (χ3v) is 16.5. The van der Waals surface area contributed by atoms with E-state index < -0.39 is 53.2 Å². The number of nitrogens with zero attached hydrogens (tertiary/aromatic N) is 9. The van der Waals surface area contributed by atoms with Crippen molar-refractivity contribution >= 4 is 35.3 Å². The van der Waals surface area contributed by atoms with E-state index in [2.05, 4.69) is 149 Å². The molecule has 0 bridgehead atoms. The van der Waals surface area contributed by atoms with Crippen molar-refractivity contribution in [2.45, 2.75) is 118 Å². The van der Waals surface area contributed by atoms with E-state index >= 15 is 8.78 Å². The van der Waals surface area contributed by atoms with Crippen molar-refractivity contribution in [1.29, 1.82) is 0 Å². The lowest BCUT2D eigenvalue weighted by molar-refractivity contribution is -0.207. The number of hydrogen-bond donors (Lipinski definition) is 3. The van der Waals surface area contributed by atoms with Gasteiger partial charge in [0.15, 0.2) is 5.60 Å². The highest BCUT2D eigenvalue weighted by atomic mass is 19.3. The number of tetrazole rings is 1. The second-order valence-corrected chi connectivity index (χ2v) is 24.9. The van der Waals surface area contributed by atoms with Gasteiger partial charge in [0.05, 0.1) is 30.0 Å². The summed E-state index contributed by atoms with van der Waals surface area (Å²) >= 11 is 0. The van der Waals surface area contributed by atoms with E-state index in [9.17, 15) is 24.1 Å². The van der Waals surface area contributed by atoms with Gasteiger partial charge in [-0.25, -0.2) is 13.5 Å². The maximum Gasteiger partial charge on any atom is 0.494 e. The Morgan fingerprint density at radius 1 is 0.578 bits per heavy atom. The van der Waals surface area contributed by atoms with Gasteiger partial charge in [-0.15, -0.1) is 5.10 Å². The molecule has 3 aliphatic heterocycles. The molecule has 83 heavy (non-hydrogen) atoms. The van der Waals surface area contributed by atoms with E-state index in [1.54, 1.807) is 0 Å². The standard InChI is InChI=1S/C36H37F4N7O2.C27H39BN2O3.CH4/c1-34(2,3)33(48)25-6-12-29(13-7-25)46-18-16-45(17-19-46)28-10-4-24(5-11-28)26-8-15-32(41-21-26)36(39,40)35(49,22-47-23-42-43-44-47)30-14-9-27(37)20-31(30)38;1-25(2,3)24(31)20-8-12-22(13-9-20)29-16-18-30(19-17-29)23-14-10-21(11-15-23)28-32-26(4,5)27(6,7)33-28;/h4-15,20-21,23,33,48-49H,16-19,22H2,1-3H3;8-15,24,31H,16-19H2,1-7H3;1H4/t33?,35-;;/m0../s1. The first kappa shape index (κ1) is 62.2. The minimum Gasteiger partial charge on any atom is -0.399 e. The van der Waals surface area contributed by atoms with Gasteiger partial charge in [-0.2, -0.15) is 8.78 Å². The van der Waals surface area contributed by atoms with Gasteiger partial charge in [0, 0.05) is 98.5 Å². The Balaban J connectivity index is 0.000000231. The van der Waals surface area contributed by atoms with Crippen LogP contribution >= 0.6 is 0 Å². The number of piperazine rings is 2. The zero-order valence-corrected chi connectivity index (χ0v) is 48.6. The van der Waals surface area contributed by atoms with E-state index in [-0.39, 0.29) is 36.6 Å². The molecule has 10 rings (SSSR count). The molecule has 0 radical (unpaired) electrons. The van der Waals surface area contributed by atoms with Crippen LogP contribution in [0.25, 0.3) is 11.1 Å². The molecule has 3 fully saturated rings. The normalized spacial score (nSPS) is 18.0. The summed E-state index contributed by atoms with van der Waals surface area (Å²) in [7, 11) is -0.319. The summed E-state index contributed by atoms with van der Waals surface area (Å²) in [4.78, 5) is 13.4. The fourth-order valence-corrected chi connectivity index (χ4v) is 10.5. The molecule has 3 N–H and O–H groups in total. The predicted molar refractivity (Wildman–Crippen MR) is 321 cm³/mol. The highest BCUT2D eigenvalue weighted by molar-refractivity contribution is 6.62. The molecule has 19 heteroatoms. The molecule has 5 aromatic carbocycles. The highest BCUT2D eigenvalue weighted by Gasteiger charge is 2.58. The lowest BCUT2D eigenvalue weighted by Crippen LogP contribution is -2.48. The summed E-state index contributed by atoms with van der Waals surface area (Å²) in [5.41, 5.74) is 2.94. The number of alkyl halides is 2. The van der Waals surface area contributed by atoms with E-state index in [1.165, 1.54) is 23.6 Å². The van der Waals surface area contributed by atoms with Crippen LogP contribution in [-0.4, -0.2) is 111 Å². The predicted octanol–water partition coefficient (Wildman–Crippen LogP) is 11.1. The summed E-state index contributed by atoms with van der Waals surface area (Å²) in [6, 6.07) is 37.3. The lowest BCUT2D eigenvalue weighted by Gasteiger charge is -2.37. The van der Waals surface area contributed by atoms with Crippen LogP contribution in [0.1, 0.15) is 111 Å². The monoisotopic (exact) mass is 1140 g/mol. The van der Waals surface area contributed by atoms with Crippen LogP contribution in [0.5, 0.6) is 0 Å². The zero-order valence-electron chi connectivity index (χ0n) is 48.6. The molecule has 3 saturated heterocycles. The minimum absolute atomic E-state index is 0. The second kappa shape index (κ2) is 24.4. The number of aliphatic hydroxyl groups excluding tert-OH is 2. The van der Waals surface area contributed by atoms with Gasteiger partial charge in [-0.1, -0.05) is 104 Å². The van der Waals surface area contributed by atoms with Crippen molar-refractivity contribution in [2.75, 3.05) is 72.0 Å². The highest BCUT2D eigenvalue weighted by Crippen LogP contribution is 2.47. The molecule has 442 valence electrons. The van der Waals surface area contributed by atoms with Gasteiger partial charge in [0.2, 0.25) is 0 Å². The van der Waals surface area contributed by atoms with Crippen molar-refractivity contribution in [1.82, 2.24) is 25.2 Å². The van der Waals surface area contributed by atoms with Crippen LogP contribution in [0.4, 0.5) is 40.3 Å². The van der Waals surface area contributed by atoms with Gasteiger partial charge < -0.3 is 44.2 Å². The molecule has 3 aliphatic rings. The third kappa shape index (κ3) is 13.6. The summed E-state index contributed by atoms with van der Waals surface area (Å²) < 4.78 is 73.9. The molecule has 14 nitrogen and oxygen atoms in total. The first-order valence-corrected chi connectivity index (χ1v) is 28.0. The van der Waals surface area contributed by atoms with Crippen molar-refractivity contribution in [3.8, 4) is 11.1 Å².